The van der Waals surface area contributed by atoms with E-state index in [2.05, 4.69) is 10.2 Å². The Hall–Kier alpha value is -2.53. The molecule has 3 N–H and O–H groups in total. The van der Waals surface area contributed by atoms with E-state index in [1.165, 1.54) is 6.92 Å². The molecular formula is C19H22ClN3O2. The number of hydrogen-bond donors (Lipinski definition) is 2. The van der Waals surface area contributed by atoms with Crippen LogP contribution in [0.25, 0.3) is 0 Å². The van der Waals surface area contributed by atoms with Crippen LogP contribution >= 0.6 is 12.4 Å². The summed E-state index contributed by atoms with van der Waals surface area (Å²) >= 11 is 0. The van der Waals surface area contributed by atoms with Crippen LogP contribution < -0.4 is 16.0 Å². The zero-order valence-electron chi connectivity index (χ0n) is 14.1. The summed E-state index contributed by atoms with van der Waals surface area (Å²) in [7, 11) is 0. The van der Waals surface area contributed by atoms with Crippen LogP contribution in [-0.2, 0) is 11.2 Å². The molecule has 0 bridgehead atoms. The number of Topliss-reactive ketones (excluding diaryl/α,β-unsaturated/α-hetero) is 1. The van der Waals surface area contributed by atoms with Gasteiger partial charge in [0.2, 0.25) is 5.91 Å². The first-order valence-corrected chi connectivity index (χ1v) is 8.08. The van der Waals surface area contributed by atoms with Crippen molar-refractivity contribution < 1.29 is 9.59 Å². The van der Waals surface area contributed by atoms with Crippen molar-refractivity contribution >= 4 is 41.2 Å². The van der Waals surface area contributed by atoms with Crippen molar-refractivity contribution in [2.75, 3.05) is 29.0 Å². The molecule has 0 aliphatic carbocycles. The molecule has 6 heteroatoms. The molecule has 0 radical (unpaired) electrons. The molecule has 2 aromatic carbocycles. The minimum atomic E-state index is -0.106. The second kappa shape index (κ2) is 8.03. The summed E-state index contributed by atoms with van der Waals surface area (Å²) in [5, 5.41) is 2.87. The summed E-state index contributed by atoms with van der Waals surface area (Å²) in [6.45, 7) is 2.61. The molecule has 0 fully saturated rings. The molecule has 0 spiro atoms. The van der Waals surface area contributed by atoms with Gasteiger partial charge < -0.3 is 16.0 Å². The number of nitrogen functional groups attached to an aromatic ring is 1. The van der Waals surface area contributed by atoms with Crippen molar-refractivity contribution in [1.29, 1.82) is 0 Å². The van der Waals surface area contributed by atoms with Crippen LogP contribution in [0.5, 0.6) is 0 Å². The topological polar surface area (TPSA) is 75.4 Å². The maximum absolute atomic E-state index is 12.4. The van der Waals surface area contributed by atoms with E-state index in [1.807, 2.05) is 18.2 Å². The molecule has 0 aromatic heterocycles. The first-order chi connectivity index (χ1) is 11.5. The molecule has 0 saturated carbocycles. The van der Waals surface area contributed by atoms with Crippen molar-refractivity contribution in [3.8, 4) is 0 Å². The van der Waals surface area contributed by atoms with E-state index in [9.17, 15) is 9.59 Å². The molecule has 0 atom stereocenters. The van der Waals surface area contributed by atoms with Crippen LogP contribution in [-0.4, -0.2) is 24.8 Å². The fourth-order valence-electron chi connectivity index (χ4n) is 3.08. The van der Waals surface area contributed by atoms with Gasteiger partial charge in [-0.3, -0.25) is 9.59 Å². The van der Waals surface area contributed by atoms with Gasteiger partial charge in [-0.1, -0.05) is 18.2 Å². The predicted octanol–water partition coefficient (Wildman–Crippen LogP) is 3.28. The highest BCUT2D eigenvalue weighted by atomic mass is 35.5. The third kappa shape index (κ3) is 4.31. The molecule has 1 aliphatic heterocycles. The number of amides is 1. The quantitative estimate of drug-likeness (QED) is 0.648. The van der Waals surface area contributed by atoms with Gasteiger partial charge in [-0.2, -0.15) is 0 Å². The maximum Gasteiger partial charge on any atom is 0.243 e. The molecule has 0 saturated heterocycles. The number of benzene rings is 2. The fourth-order valence-corrected chi connectivity index (χ4v) is 3.08. The Balaban J connectivity index is 0.00000225. The number of nitrogens with two attached hydrogens (primary N) is 1. The van der Waals surface area contributed by atoms with E-state index in [-0.39, 0.29) is 30.6 Å². The summed E-state index contributed by atoms with van der Waals surface area (Å²) in [5.74, 6) is -0.127. The number of nitrogens with one attached hydrogen (secondary N) is 1. The van der Waals surface area contributed by atoms with Gasteiger partial charge in [0, 0.05) is 29.2 Å². The van der Waals surface area contributed by atoms with Gasteiger partial charge in [0.25, 0.3) is 0 Å². The lowest BCUT2D eigenvalue weighted by molar-refractivity contribution is -0.115. The molecule has 5 nitrogen and oxygen atoms in total. The predicted molar refractivity (Wildman–Crippen MR) is 104 cm³/mol. The van der Waals surface area contributed by atoms with Gasteiger partial charge in [0.05, 0.1) is 6.54 Å². The Morgan fingerprint density at radius 3 is 2.72 bits per heavy atom. The number of fused-ring (bicyclic) bond motifs is 1. The van der Waals surface area contributed by atoms with Crippen molar-refractivity contribution in [3.63, 3.8) is 0 Å². The lowest BCUT2D eigenvalue weighted by Gasteiger charge is -2.31. The Labute approximate surface area is 153 Å². The Morgan fingerprint density at radius 2 is 1.96 bits per heavy atom. The first-order valence-electron chi connectivity index (χ1n) is 8.08. The fraction of sp³-hybridized carbons (Fsp3) is 0.263. The Morgan fingerprint density at radius 1 is 1.20 bits per heavy atom. The van der Waals surface area contributed by atoms with Crippen LogP contribution in [0.1, 0.15) is 29.3 Å². The van der Waals surface area contributed by atoms with Gasteiger partial charge in [-0.25, -0.2) is 0 Å². The van der Waals surface area contributed by atoms with Gasteiger partial charge >= 0.3 is 0 Å². The Kier molecular flexibility index (Phi) is 6.04. The number of halogens is 1. The summed E-state index contributed by atoms with van der Waals surface area (Å²) in [4.78, 5) is 25.9. The summed E-state index contributed by atoms with van der Waals surface area (Å²) in [6.07, 6.45) is 1.93. The number of hydrogen-bond acceptors (Lipinski definition) is 4. The molecule has 3 rings (SSSR count). The van der Waals surface area contributed by atoms with Crippen molar-refractivity contribution in [2.24, 2.45) is 0 Å². The highest BCUT2D eigenvalue weighted by molar-refractivity contribution is 5.98. The van der Waals surface area contributed by atoms with Gasteiger partial charge in [-0.05, 0) is 49.6 Å². The molecule has 132 valence electrons. The van der Waals surface area contributed by atoms with E-state index >= 15 is 0 Å². The third-order valence-corrected chi connectivity index (χ3v) is 4.27. The molecule has 1 amide bonds. The number of carbonyl (C=O) groups excluding carboxylic acids is 2. The minimum absolute atomic E-state index is 0. The van der Waals surface area contributed by atoms with Crippen LogP contribution in [0.3, 0.4) is 0 Å². The van der Waals surface area contributed by atoms with Gasteiger partial charge in [0.1, 0.15) is 0 Å². The first kappa shape index (κ1) is 18.8. The van der Waals surface area contributed by atoms with E-state index in [1.54, 1.807) is 24.3 Å². The van der Waals surface area contributed by atoms with Crippen LogP contribution in [0, 0.1) is 0 Å². The monoisotopic (exact) mass is 359 g/mol. The lowest BCUT2D eigenvalue weighted by atomic mass is 10.00. The number of anilines is 3. The number of ketones is 1. The summed E-state index contributed by atoms with van der Waals surface area (Å²) in [6, 6.07) is 12.8. The highest BCUT2D eigenvalue weighted by Crippen LogP contribution is 2.31. The van der Waals surface area contributed by atoms with E-state index < -0.39 is 0 Å². The number of rotatable bonds is 4. The normalized spacial score (nSPS) is 12.8. The van der Waals surface area contributed by atoms with E-state index in [4.69, 9.17) is 5.73 Å². The maximum atomic E-state index is 12.4. The molecular weight excluding hydrogens is 338 g/mol. The standard InChI is InChI=1S/C19H21N3O2.ClH/c1-13(23)14-5-2-6-15(11-14)21-19(24)12-22-10-4-7-16-17(20)8-3-9-18(16)22;/h2-3,5-6,8-9,11H,4,7,10,12,20H2,1H3,(H,21,24);1H. The van der Waals surface area contributed by atoms with Gasteiger partial charge in [0.15, 0.2) is 5.78 Å². The minimum Gasteiger partial charge on any atom is -0.398 e. The zero-order chi connectivity index (χ0) is 17.1. The van der Waals surface area contributed by atoms with Crippen molar-refractivity contribution in [1.82, 2.24) is 0 Å². The van der Waals surface area contributed by atoms with Crippen LogP contribution in [0.2, 0.25) is 0 Å². The van der Waals surface area contributed by atoms with Crippen molar-refractivity contribution in [2.45, 2.75) is 19.8 Å². The average molecular weight is 360 g/mol. The summed E-state index contributed by atoms with van der Waals surface area (Å²) < 4.78 is 0. The number of carbonyl (C=O) groups is 2. The zero-order valence-corrected chi connectivity index (χ0v) is 14.9. The smallest absolute Gasteiger partial charge is 0.243 e. The lowest BCUT2D eigenvalue weighted by Crippen LogP contribution is -2.37. The molecule has 25 heavy (non-hydrogen) atoms. The highest BCUT2D eigenvalue weighted by Gasteiger charge is 2.20. The molecule has 2 aromatic rings. The molecule has 0 unspecified atom stereocenters. The largest absolute Gasteiger partial charge is 0.398 e. The summed E-state index contributed by atoms with van der Waals surface area (Å²) in [5.41, 5.74) is 10.2. The number of nitrogens with zero attached hydrogens (tertiary/aromatic N) is 1. The SMILES string of the molecule is CC(=O)c1cccc(NC(=O)CN2CCCc3c(N)cccc32)c1.Cl. The molecule has 1 aliphatic rings. The van der Waals surface area contributed by atoms with Crippen LogP contribution in [0.4, 0.5) is 17.1 Å². The Bertz CT molecular complexity index is 792. The second-order valence-corrected chi connectivity index (χ2v) is 6.06. The van der Waals surface area contributed by atoms with Crippen LogP contribution in [0.15, 0.2) is 42.5 Å². The average Bonchev–Trinajstić information content (AvgIpc) is 2.56. The van der Waals surface area contributed by atoms with Gasteiger partial charge in [-0.15, -0.1) is 12.4 Å². The van der Waals surface area contributed by atoms with Crippen molar-refractivity contribution in [3.05, 3.63) is 53.6 Å². The molecule has 1 heterocycles. The van der Waals surface area contributed by atoms with E-state index in [0.717, 1.165) is 36.3 Å². The third-order valence-electron chi connectivity index (χ3n) is 4.27. The van der Waals surface area contributed by atoms with E-state index in [0.29, 0.717) is 11.3 Å². The second-order valence-electron chi connectivity index (χ2n) is 6.06.